The van der Waals surface area contributed by atoms with Crippen LogP contribution in [0.2, 0.25) is 0 Å². The molecule has 0 bridgehead atoms. The van der Waals surface area contributed by atoms with E-state index in [1.165, 1.54) is 32.4 Å². The lowest BCUT2D eigenvalue weighted by atomic mass is 10.1. The Balaban J connectivity index is 2.30. The molecule has 1 rings (SSSR count). The number of hydrogen-bond donors (Lipinski definition) is 0. The lowest BCUT2D eigenvalue weighted by Crippen LogP contribution is -2.43. The predicted octanol–water partition coefficient (Wildman–Crippen LogP) is 1.75. The number of esters is 1. The van der Waals surface area contributed by atoms with Gasteiger partial charge >= 0.3 is 5.97 Å². The minimum Gasteiger partial charge on any atom is -0.465 e. The summed E-state index contributed by atoms with van der Waals surface area (Å²) in [5.41, 5.74) is 0. The smallest absolute Gasteiger partial charge is 0.320 e. The second-order valence-electron chi connectivity index (χ2n) is 5.27. The van der Waals surface area contributed by atoms with Crippen molar-refractivity contribution in [3.8, 4) is 0 Å². The predicted molar refractivity (Wildman–Crippen MR) is 73.6 cm³/mol. The number of nitrogens with zero attached hydrogens (tertiary/aromatic N) is 2. The molecule has 0 N–H and O–H groups in total. The largest absolute Gasteiger partial charge is 0.465 e. The van der Waals surface area contributed by atoms with Crippen LogP contribution in [-0.2, 0) is 9.53 Å². The molecule has 0 amide bonds. The minimum atomic E-state index is -0.107. The molecule has 0 atom stereocenters. The molecule has 0 unspecified atom stereocenters. The molecule has 0 saturated carbocycles. The molecular weight excluding hydrogens is 228 g/mol. The molecule has 1 fully saturated rings. The Labute approximate surface area is 111 Å². The van der Waals surface area contributed by atoms with E-state index in [0.717, 1.165) is 13.1 Å². The van der Waals surface area contributed by atoms with Gasteiger partial charge in [-0.15, -0.1) is 0 Å². The number of carbonyl (C=O) groups is 1. The van der Waals surface area contributed by atoms with Gasteiger partial charge in [0.25, 0.3) is 0 Å². The highest BCUT2D eigenvalue weighted by Crippen LogP contribution is 2.09. The summed E-state index contributed by atoms with van der Waals surface area (Å²) in [6.45, 7) is 11.5. The summed E-state index contributed by atoms with van der Waals surface area (Å²) in [5.74, 6) is -0.107. The summed E-state index contributed by atoms with van der Waals surface area (Å²) in [6, 6.07) is 0.388. The molecule has 0 radical (unpaired) electrons. The van der Waals surface area contributed by atoms with Crippen LogP contribution >= 0.6 is 0 Å². The molecule has 0 aliphatic carbocycles. The summed E-state index contributed by atoms with van der Waals surface area (Å²) in [7, 11) is 0. The van der Waals surface area contributed by atoms with Crippen molar-refractivity contribution in [1.29, 1.82) is 0 Å². The van der Waals surface area contributed by atoms with Crippen LogP contribution in [0, 0.1) is 0 Å². The second kappa shape index (κ2) is 8.48. The summed E-state index contributed by atoms with van der Waals surface area (Å²) >= 11 is 0. The van der Waals surface area contributed by atoms with Gasteiger partial charge in [0.2, 0.25) is 0 Å². The van der Waals surface area contributed by atoms with Gasteiger partial charge in [-0.1, -0.05) is 6.42 Å². The quantitative estimate of drug-likeness (QED) is 0.650. The molecule has 18 heavy (non-hydrogen) atoms. The van der Waals surface area contributed by atoms with Gasteiger partial charge in [0.1, 0.15) is 0 Å². The zero-order chi connectivity index (χ0) is 13.4. The highest BCUT2D eigenvalue weighted by atomic mass is 16.5. The van der Waals surface area contributed by atoms with E-state index >= 15 is 0 Å². The first-order chi connectivity index (χ1) is 8.63. The molecule has 0 aromatic carbocycles. The maximum atomic E-state index is 11.5. The van der Waals surface area contributed by atoms with E-state index in [4.69, 9.17) is 4.74 Å². The number of ether oxygens (including phenoxy) is 1. The van der Waals surface area contributed by atoms with Gasteiger partial charge in [-0.2, -0.15) is 0 Å². The lowest BCUT2D eigenvalue weighted by Gasteiger charge is -2.31. The van der Waals surface area contributed by atoms with E-state index in [9.17, 15) is 4.79 Å². The van der Waals surface area contributed by atoms with Crippen molar-refractivity contribution in [2.75, 3.05) is 39.3 Å². The molecule has 106 valence electrons. The Morgan fingerprint density at radius 1 is 1.28 bits per heavy atom. The summed E-state index contributed by atoms with van der Waals surface area (Å²) in [5, 5.41) is 0. The van der Waals surface area contributed by atoms with Gasteiger partial charge in [-0.05, 0) is 46.7 Å². The van der Waals surface area contributed by atoms with Gasteiger partial charge in [0.15, 0.2) is 0 Å². The second-order valence-corrected chi connectivity index (χ2v) is 5.27. The Morgan fingerprint density at radius 2 is 1.94 bits per heavy atom. The maximum Gasteiger partial charge on any atom is 0.320 e. The number of carbonyl (C=O) groups excluding carboxylic acids is 1. The molecule has 0 spiro atoms. The fourth-order valence-corrected chi connectivity index (χ4v) is 2.35. The SMILES string of the molecule is CCOC(=O)CN(CCN1CCCCC1)C(C)C. The fourth-order valence-electron chi connectivity index (χ4n) is 2.35. The van der Waals surface area contributed by atoms with Gasteiger partial charge in [0, 0.05) is 19.1 Å². The van der Waals surface area contributed by atoms with Gasteiger partial charge in [0.05, 0.1) is 13.2 Å². The standard InChI is InChI=1S/C14H28N2O2/c1-4-18-14(17)12-16(13(2)3)11-10-15-8-6-5-7-9-15/h13H,4-12H2,1-3H3. The van der Waals surface area contributed by atoms with Gasteiger partial charge in [-0.25, -0.2) is 0 Å². The van der Waals surface area contributed by atoms with Crippen molar-refractivity contribution in [3.05, 3.63) is 0 Å². The van der Waals surface area contributed by atoms with E-state index in [1.54, 1.807) is 0 Å². The number of piperidine rings is 1. The molecule has 0 aromatic rings. The normalized spacial score (nSPS) is 17.4. The van der Waals surface area contributed by atoms with Crippen LogP contribution < -0.4 is 0 Å². The third-order valence-corrected chi connectivity index (χ3v) is 3.52. The van der Waals surface area contributed by atoms with E-state index in [0.29, 0.717) is 19.2 Å². The molecule has 0 aromatic heterocycles. The Morgan fingerprint density at radius 3 is 2.50 bits per heavy atom. The highest BCUT2D eigenvalue weighted by Gasteiger charge is 2.17. The molecule has 1 saturated heterocycles. The van der Waals surface area contributed by atoms with Crippen molar-refractivity contribution < 1.29 is 9.53 Å². The summed E-state index contributed by atoms with van der Waals surface area (Å²) < 4.78 is 5.02. The maximum absolute atomic E-state index is 11.5. The van der Waals surface area contributed by atoms with Gasteiger partial charge < -0.3 is 9.64 Å². The van der Waals surface area contributed by atoms with Crippen LogP contribution in [0.25, 0.3) is 0 Å². The topological polar surface area (TPSA) is 32.8 Å². The van der Waals surface area contributed by atoms with Crippen LogP contribution in [-0.4, -0.2) is 61.1 Å². The van der Waals surface area contributed by atoms with E-state index in [-0.39, 0.29) is 5.97 Å². The zero-order valence-corrected chi connectivity index (χ0v) is 12.2. The van der Waals surface area contributed by atoms with Crippen LogP contribution in [0.4, 0.5) is 0 Å². The molecule has 1 aliphatic rings. The van der Waals surface area contributed by atoms with Crippen molar-refractivity contribution in [2.24, 2.45) is 0 Å². The van der Waals surface area contributed by atoms with E-state index in [1.807, 2.05) is 6.92 Å². The first-order valence-corrected chi connectivity index (χ1v) is 7.25. The minimum absolute atomic E-state index is 0.107. The van der Waals surface area contributed by atoms with Crippen molar-refractivity contribution in [1.82, 2.24) is 9.80 Å². The first-order valence-electron chi connectivity index (χ1n) is 7.25. The van der Waals surface area contributed by atoms with Crippen molar-refractivity contribution in [3.63, 3.8) is 0 Å². The summed E-state index contributed by atoms with van der Waals surface area (Å²) in [6.07, 6.45) is 4.01. The Hall–Kier alpha value is -0.610. The fraction of sp³-hybridized carbons (Fsp3) is 0.929. The lowest BCUT2D eigenvalue weighted by molar-refractivity contribution is -0.145. The van der Waals surface area contributed by atoms with Crippen LogP contribution in [0.15, 0.2) is 0 Å². The monoisotopic (exact) mass is 256 g/mol. The molecule has 4 heteroatoms. The molecular formula is C14H28N2O2. The Bertz CT molecular complexity index is 238. The molecule has 1 heterocycles. The average molecular weight is 256 g/mol. The van der Waals surface area contributed by atoms with Crippen LogP contribution in [0.1, 0.15) is 40.0 Å². The van der Waals surface area contributed by atoms with Crippen LogP contribution in [0.5, 0.6) is 0 Å². The van der Waals surface area contributed by atoms with Crippen LogP contribution in [0.3, 0.4) is 0 Å². The third kappa shape index (κ3) is 5.83. The molecule has 1 aliphatic heterocycles. The molecule has 4 nitrogen and oxygen atoms in total. The van der Waals surface area contributed by atoms with E-state index in [2.05, 4.69) is 23.6 Å². The summed E-state index contributed by atoms with van der Waals surface area (Å²) in [4.78, 5) is 16.2. The third-order valence-electron chi connectivity index (χ3n) is 3.52. The number of rotatable bonds is 7. The van der Waals surface area contributed by atoms with E-state index < -0.39 is 0 Å². The number of hydrogen-bond acceptors (Lipinski definition) is 4. The zero-order valence-electron chi connectivity index (χ0n) is 12.2. The average Bonchev–Trinajstić information content (AvgIpc) is 2.35. The Kier molecular flexibility index (Phi) is 7.28. The van der Waals surface area contributed by atoms with Gasteiger partial charge in [-0.3, -0.25) is 9.69 Å². The first kappa shape index (κ1) is 15.4. The van der Waals surface area contributed by atoms with Crippen molar-refractivity contribution in [2.45, 2.75) is 46.1 Å². The number of likely N-dealkylation sites (tertiary alicyclic amines) is 1. The highest BCUT2D eigenvalue weighted by molar-refractivity contribution is 5.71. The van der Waals surface area contributed by atoms with Crippen molar-refractivity contribution >= 4 is 5.97 Å².